The average Bonchev–Trinajstić information content (AvgIpc) is 2.54. The summed E-state index contributed by atoms with van der Waals surface area (Å²) in [5, 5.41) is 6.54. The van der Waals surface area contributed by atoms with Gasteiger partial charge in [-0.05, 0) is 50.3 Å². The summed E-state index contributed by atoms with van der Waals surface area (Å²) in [6.07, 6.45) is 4.48. The largest absolute Gasteiger partial charge is 0.385 e. The second-order valence-electron chi connectivity index (χ2n) is 6.05. The number of methoxy groups -OCH3 is 1. The molecular weight excluding hydrogens is 338 g/mol. The highest BCUT2D eigenvalue weighted by Gasteiger charge is 2.10. The lowest BCUT2D eigenvalue weighted by molar-refractivity contribution is 0.192. The number of nitrogens with zero attached hydrogens (tertiary/aromatic N) is 1. The molecule has 0 radical (unpaired) electrons. The third-order valence-corrected chi connectivity index (χ3v) is 4.98. The molecule has 0 saturated carbocycles. The van der Waals surface area contributed by atoms with E-state index in [0.717, 1.165) is 56.0 Å². The number of aryl methyl sites for hydroxylation is 1. The molecule has 0 heterocycles. The predicted molar refractivity (Wildman–Crippen MR) is 103 cm³/mol. The molecule has 1 aromatic rings. The molecule has 1 rings (SSSR count). The van der Waals surface area contributed by atoms with Gasteiger partial charge in [-0.25, -0.2) is 13.4 Å². The number of hydrogen-bond donors (Lipinski definition) is 2. The van der Waals surface area contributed by atoms with E-state index in [1.807, 2.05) is 26.0 Å². The quantitative estimate of drug-likeness (QED) is 0.376. The highest BCUT2D eigenvalue weighted by molar-refractivity contribution is 7.90. The number of aliphatic imine (C=N–C) groups is 1. The van der Waals surface area contributed by atoms with E-state index in [1.54, 1.807) is 13.2 Å². The Morgan fingerprint density at radius 3 is 2.56 bits per heavy atom. The molecule has 0 bridgehead atoms. The molecule has 0 aromatic heterocycles. The van der Waals surface area contributed by atoms with Crippen LogP contribution in [0.3, 0.4) is 0 Å². The SMILES string of the molecule is CCNC(=NCc1ccc(S(C)(=O)=O)c(C)c1)NCCCCCOC. The lowest BCUT2D eigenvalue weighted by atomic mass is 10.1. The van der Waals surface area contributed by atoms with Crippen molar-refractivity contribution in [3.8, 4) is 0 Å². The molecule has 0 aliphatic rings. The van der Waals surface area contributed by atoms with Crippen LogP contribution >= 0.6 is 0 Å². The summed E-state index contributed by atoms with van der Waals surface area (Å²) in [4.78, 5) is 4.95. The van der Waals surface area contributed by atoms with Crippen LogP contribution in [0, 0.1) is 6.92 Å². The van der Waals surface area contributed by atoms with Crippen molar-refractivity contribution in [3.05, 3.63) is 29.3 Å². The topological polar surface area (TPSA) is 79.8 Å². The summed E-state index contributed by atoms with van der Waals surface area (Å²) in [6, 6.07) is 5.36. The molecule has 0 amide bonds. The van der Waals surface area contributed by atoms with Crippen molar-refractivity contribution >= 4 is 15.8 Å². The predicted octanol–water partition coefficient (Wildman–Crippen LogP) is 2.27. The Hall–Kier alpha value is -1.60. The van der Waals surface area contributed by atoms with E-state index in [1.165, 1.54) is 6.26 Å². The van der Waals surface area contributed by atoms with Crippen molar-refractivity contribution in [3.63, 3.8) is 0 Å². The first-order valence-corrected chi connectivity index (χ1v) is 10.6. The average molecular weight is 370 g/mol. The van der Waals surface area contributed by atoms with Gasteiger partial charge in [-0.1, -0.05) is 12.1 Å². The molecule has 142 valence electrons. The number of benzene rings is 1. The van der Waals surface area contributed by atoms with Crippen LogP contribution in [0.2, 0.25) is 0 Å². The minimum atomic E-state index is -3.18. The molecule has 0 aliphatic heterocycles. The normalized spacial score (nSPS) is 12.2. The number of guanidine groups is 1. The van der Waals surface area contributed by atoms with Gasteiger partial charge in [0.15, 0.2) is 15.8 Å². The molecule has 7 heteroatoms. The minimum Gasteiger partial charge on any atom is -0.385 e. The van der Waals surface area contributed by atoms with Crippen molar-refractivity contribution in [2.75, 3.05) is 33.1 Å². The first-order chi connectivity index (χ1) is 11.9. The first-order valence-electron chi connectivity index (χ1n) is 8.69. The first kappa shape index (κ1) is 21.4. The molecule has 0 unspecified atom stereocenters. The maximum atomic E-state index is 11.7. The third kappa shape index (κ3) is 8.36. The van der Waals surface area contributed by atoms with Crippen LogP contribution in [0.1, 0.15) is 37.3 Å². The van der Waals surface area contributed by atoms with Gasteiger partial charge in [-0.3, -0.25) is 0 Å². The van der Waals surface area contributed by atoms with Crippen LogP contribution in [0.15, 0.2) is 28.1 Å². The Bertz CT molecular complexity index is 658. The number of hydrogen-bond acceptors (Lipinski definition) is 4. The fourth-order valence-electron chi connectivity index (χ4n) is 2.49. The van der Waals surface area contributed by atoms with Crippen LogP contribution in [0.25, 0.3) is 0 Å². The van der Waals surface area contributed by atoms with Gasteiger partial charge in [-0.15, -0.1) is 0 Å². The summed E-state index contributed by atoms with van der Waals surface area (Å²) < 4.78 is 28.4. The zero-order chi connectivity index (χ0) is 18.7. The Labute approximate surface area is 152 Å². The van der Waals surface area contributed by atoms with E-state index in [0.29, 0.717) is 11.4 Å². The molecular formula is C18H31N3O3S. The second-order valence-corrected chi connectivity index (χ2v) is 8.03. The van der Waals surface area contributed by atoms with Crippen molar-refractivity contribution in [2.45, 2.75) is 44.6 Å². The van der Waals surface area contributed by atoms with Gasteiger partial charge in [0, 0.05) is 33.1 Å². The van der Waals surface area contributed by atoms with Crippen LogP contribution in [-0.4, -0.2) is 47.4 Å². The maximum absolute atomic E-state index is 11.7. The summed E-state index contributed by atoms with van der Waals surface area (Å²) in [7, 11) is -1.46. The number of rotatable bonds is 10. The highest BCUT2D eigenvalue weighted by Crippen LogP contribution is 2.17. The number of unbranched alkanes of at least 4 members (excludes halogenated alkanes) is 2. The van der Waals surface area contributed by atoms with E-state index < -0.39 is 9.84 Å². The lowest BCUT2D eigenvalue weighted by Gasteiger charge is -2.11. The van der Waals surface area contributed by atoms with Crippen LogP contribution in [0.5, 0.6) is 0 Å². The monoisotopic (exact) mass is 369 g/mol. The van der Waals surface area contributed by atoms with Gasteiger partial charge >= 0.3 is 0 Å². The molecule has 1 aromatic carbocycles. The second kappa shape index (κ2) is 11.1. The Morgan fingerprint density at radius 2 is 1.96 bits per heavy atom. The maximum Gasteiger partial charge on any atom is 0.191 e. The number of sulfone groups is 1. The van der Waals surface area contributed by atoms with E-state index in [2.05, 4.69) is 15.6 Å². The number of ether oxygens (including phenoxy) is 1. The lowest BCUT2D eigenvalue weighted by Crippen LogP contribution is -2.37. The zero-order valence-electron chi connectivity index (χ0n) is 15.8. The van der Waals surface area contributed by atoms with Gasteiger partial charge in [0.05, 0.1) is 11.4 Å². The van der Waals surface area contributed by atoms with Crippen molar-refractivity contribution in [1.29, 1.82) is 0 Å². The molecule has 6 nitrogen and oxygen atoms in total. The summed E-state index contributed by atoms with van der Waals surface area (Å²) >= 11 is 0. The molecule has 0 saturated heterocycles. The van der Waals surface area contributed by atoms with Gasteiger partial charge < -0.3 is 15.4 Å². The highest BCUT2D eigenvalue weighted by atomic mass is 32.2. The van der Waals surface area contributed by atoms with E-state index in [9.17, 15) is 8.42 Å². The summed E-state index contributed by atoms with van der Waals surface area (Å²) in [5.74, 6) is 0.777. The molecule has 2 N–H and O–H groups in total. The van der Waals surface area contributed by atoms with E-state index in [-0.39, 0.29) is 0 Å². The standard InChI is InChI=1S/C18H31N3O3S/c1-5-19-18(20-11-7-6-8-12-24-3)21-14-16-9-10-17(15(2)13-16)25(4,22)23/h9-10,13H,5-8,11-12,14H2,1-4H3,(H2,19,20,21). The van der Waals surface area contributed by atoms with Gasteiger partial charge in [0.25, 0.3) is 0 Å². The van der Waals surface area contributed by atoms with Gasteiger partial charge in [0.2, 0.25) is 0 Å². The number of nitrogens with one attached hydrogen (secondary N) is 2. The van der Waals surface area contributed by atoms with E-state index in [4.69, 9.17) is 4.74 Å². The van der Waals surface area contributed by atoms with Crippen molar-refractivity contribution < 1.29 is 13.2 Å². The molecule has 0 atom stereocenters. The Balaban J connectivity index is 2.60. The Kier molecular flexibility index (Phi) is 9.52. The fourth-order valence-corrected chi connectivity index (χ4v) is 3.45. The summed E-state index contributed by atoms with van der Waals surface area (Å²) in [6.45, 7) is 6.80. The molecule has 0 fully saturated rings. The molecule has 0 spiro atoms. The van der Waals surface area contributed by atoms with Crippen molar-refractivity contribution in [2.24, 2.45) is 4.99 Å². The fraction of sp³-hybridized carbons (Fsp3) is 0.611. The van der Waals surface area contributed by atoms with Crippen LogP contribution < -0.4 is 10.6 Å². The molecule has 25 heavy (non-hydrogen) atoms. The minimum absolute atomic E-state index is 0.376. The van der Waals surface area contributed by atoms with Gasteiger partial charge in [0.1, 0.15) is 0 Å². The van der Waals surface area contributed by atoms with E-state index >= 15 is 0 Å². The zero-order valence-corrected chi connectivity index (χ0v) is 16.6. The van der Waals surface area contributed by atoms with Crippen molar-refractivity contribution in [1.82, 2.24) is 10.6 Å². The smallest absolute Gasteiger partial charge is 0.191 e. The Morgan fingerprint density at radius 1 is 1.20 bits per heavy atom. The molecule has 0 aliphatic carbocycles. The van der Waals surface area contributed by atoms with Crippen LogP contribution in [-0.2, 0) is 21.1 Å². The van der Waals surface area contributed by atoms with Gasteiger partial charge in [-0.2, -0.15) is 0 Å². The summed E-state index contributed by atoms with van der Waals surface area (Å²) in [5.41, 5.74) is 1.74. The van der Waals surface area contributed by atoms with Crippen LogP contribution in [0.4, 0.5) is 0 Å². The third-order valence-electron chi connectivity index (χ3n) is 3.72.